The molecule has 0 atom stereocenters. The summed E-state index contributed by atoms with van der Waals surface area (Å²) < 4.78 is 7.73. The Bertz CT molecular complexity index is 1700. The molecule has 0 unspecified atom stereocenters. The number of nitrogens with two attached hydrogens (primary N) is 3. The highest BCUT2D eigenvalue weighted by Gasteiger charge is 2.17. The molecule has 10 nitrogen and oxygen atoms in total. The van der Waals surface area contributed by atoms with Gasteiger partial charge >= 0.3 is 0 Å². The predicted molar refractivity (Wildman–Crippen MR) is 221 cm³/mol. The zero-order valence-corrected chi connectivity index (χ0v) is 32.5. The molecule has 0 saturated carbocycles. The molecule has 3 aromatic carbocycles. The number of primary amides is 1. The van der Waals surface area contributed by atoms with Crippen LogP contribution in [0.2, 0.25) is 0 Å². The zero-order chi connectivity index (χ0) is 39.3. The van der Waals surface area contributed by atoms with Crippen LogP contribution < -0.4 is 27.3 Å². The number of carbonyl (C=O) groups is 2. The molecule has 52 heavy (non-hydrogen) atoms. The van der Waals surface area contributed by atoms with Crippen molar-refractivity contribution < 1.29 is 14.3 Å². The Hall–Kier alpha value is -5.64. The number of imidazole rings is 1. The average molecular weight is 712 g/mol. The van der Waals surface area contributed by atoms with E-state index in [0.29, 0.717) is 46.9 Å². The smallest absolute Gasteiger partial charge is 0.251 e. The minimum Gasteiger partial charge on any atom is -0.457 e. The van der Waals surface area contributed by atoms with E-state index in [2.05, 4.69) is 30.7 Å². The third kappa shape index (κ3) is 17.3. The van der Waals surface area contributed by atoms with Crippen LogP contribution in [0, 0.1) is 0 Å². The van der Waals surface area contributed by atoms with Crippen molar-refractivity contribution in [3.8, 4) is 22.9 Å². The first-order chi connectivity index (χ1) is 25.2. The Labute approximate surface area is 311 Å². The number of hydrogen-bond acceptors (Lipinski definition) is 5. The normalized spacial score (nSPS) is 10.1. The summed E-state index contributed by atoms with van der Waals surface area (Å²) in [4.78, 5) is 33.2. The lowest BCUT2D eigenvalue weighted by Gasteiger charge is -2.10. The van der Waals surface area contributed by atoms with E-state index in [4.69, 9.17) is 26.9 Å². The second kappa shape index (κ2) is 28.1. The van der Waals surface area contributed by atoms with Crippen molar-refractivity contribution in [2.24, 2.45) is 22.2 Å². The summed E-state index contributed by atoms with van der Waals surface area (Å²) in [7, 11) is 0. The number of aliphatic imine (C=N–C) groups is 1. The summed E-state index contributed by atoms with van der Waals surface area (Å²) in [6.07, 6.45) is 10.5. The molecular formula is C42H61N7O3. The fourth-order valence-corrected chi connectivity index (χ4v) is 4.31. The minimum atomic E-state index is -0.491. The van der Waals surface area contributed by atoms with Crippen LogP contribution >= 0.6 is 0 Å². The predicted octanol–water partition coefficient (Wildman–Crippen LogP) is 8.93. The maximum absolute atomic E-state index is 12.8. The zero-order valence-electron chi connectivity index (χ0n) is 32.5. The maximum atomic E-state index is 12.8. The topological polar surface area (TPSA) is 164 Å². The largest absolute Gasteiger partial charge is 0.457 e. The number of fused-ring (bicyclic) bond motifs is 1. The van der Waals surface area contributed by atoms with Crippen molar-refractivity contribution in [1.82, 2.24) is 14.9 Å². The molecule has 10 heteroatoms. The molecule has 0 aliphatic heterocycles. The van der Waals surface area contributed by atoms with Crippen LogP contribution in [0.1, 0.15) is 85.0 Å². The summed E-state index contributed by atoms with van der Waals surface area (Å²) in [5.74, 6) is 1.40. The summed E-state index contributed by atoms with van der Waals surface area (Å²) in [5, 5.41) is 2.96. The van der Waals surface area contributed by atoms with E-state index in [9.17, 15) is 9.59 Å². The Morgan fingerprint density at radius 1 is 0.923 bits per heavy atom. The SMILES string of the molecule is C=C/C=C\C(=C/C)CCNC(=O)c1ccc2c(c1)nc(-c1cccc(Oc3ccccc3)c1)n2CC(N)=O.CC.CC.CCC.CCCN=C(N)N. The van der Waals surface area contributed by atoms with Crippen molar-refractivity contribution in [1.29, 1.82) is 0 Å². The van der Waals surface area contributed by atoms with Gasteiger partial charge in [-0.25, -0.2) is 4.98 Å². The average Bonchev–Trinajstić information content (AvgIpc) is 3.51. The van der Waals surface area contributed by atoms with E-state index >= 15 is 0 Å². The second-order valence-corrected chi connectivity index (χ2v) is 10.6. The Balaban J connectivity index is 0.00000160. The van der Waals surface area contributed by atoms with Crippen LogP contribution in [-0.2, 0) is 11.3 Å². The number of guanidine groups is 1. The van der Waals surface area contributed by atoms with E-state index in [1.165, 1.54) is 6.42 Å². The Kier molecular flexibility index (Phi) is 25.1. The molecule has 7 N–H and O–H groups in total. The minimum absolute atomic E-state index is 0.0501. The van der Waals surface area contributed by atoms with Crippen LogP contribution in [0.15, 0.2) is 114 Å². The molecule has 1 aromatic heterocycles. The van der Waals surface area contributed by atoms with Crippen LogP contribution in [0.5, 0.6) is 11.5 Å². The first-order valence-electron chi connectivity index (χ1n) is 18.1. The van der Waals surface area contributed by atoms with Gasteiger partial charge in [0.1, 0.15) is 23.9 Å². The van der Waals surface area contributed by atoms with E-state index in [1.54, 1.807) is 28.8 Å². The molecule has 0 aliphatic rings. The van der Waals surface area contributed by atoms with Gasteiger partial charge in [-0.15, -0.1) is 0 Å². The van der Waals surface area contributed by atoms with Crippen molar-refractivity contribution in [2.45, 2.75) is 81.2 Å². The van der Waals surface area contributed by atoms with E-state index in [-0.39, 0.29) is 18.4 Å². The molecule has 0 spiro atoms. The maximum Gasteiger partial charge on any atom is 0.251 e. The molecule has 4 aromatic rings. The standard InChI is InChI=1S/C31H30N4O3.C4H11N3.C3H8.2C2H6/c1-3-5-10-22(4-2)17-18-33-31(37)24-15-16-28-27(20-24)34-30(35(28)21-29(32)36)23-11-9-14-26(19-23)38-25-12-7-6-8-13-25;1-2-3-7-4(5)6;1-3-2;2*1-2/h3-16,19-20H,1,17-18,21H2,2H3,(H2,32,36)(H,33,37);2-3H2,1H3,(H4,5,6,7);3H2,1-2H3;2*1-2H3/b10-5-,22-4+;;;;. The van der Waals surface area contributed by atoms with Gasteiger partial charge in [-0.1, -0.05) is 122 Å². The number of amides is 2. The van der Waals surface area contributed by atoms with E-state index < -0.39 is 5.91 Å². The number of ether oxygens (including phenoxy) is 1. The van der Waals surface area contributed by atoms with Crippen LogP contribution in [-0.4, -0.2) is 40.4 Å². The van der Waals surface area contributed by atoms with Gasteiger partial charge in [0.05, 0.1) is 11.0 Å². The summed E-state index contributed by atoms with van der Waals surface area (Å²) in [6, 6.07) is 22.2. The van der Waals surface area contributed by atoms with E-state index in [1.807, 2.05) is 114 Å². The molecular weight excluding hydrogens is 651 g/mol. The number of nitrogens with zero attached hydrogens (tertiary/aromatic N) is 3. The molecule has 0 bridgehead atoms. The van der Waals surface area contributed by atoms with Crippen molar-refractivity contribution >= 4 is 28.8 Å². The number of para-hydroxylation sites is 1. The summed E-state index contributed by atoms with van der Waals surface area (Å²) in [5.41, 5.74) is 19.2. The van der Waals surface area contributed by atoms with Gasteiger partial charge in [0.25, 0.3) is 5.91 Å². The lowest BCUT2D eigenvalue weighted by Crippen LogP contribution is -2.24. The molecule has 0 radical (unpaired) electrons. The summed E-state index contributed by atoms with van der Waals surface area (Å²) in [6.45, 7) is 21.1. The number of carbonyl (C=O) groups excluding carboxylic acids is 2. The van der Waals surface area contributed by atoms with E-state index in [0.717, 1.165) is 24.1 Å². The number of aromatic nitrogens is 2. The lowest BCUT2D eigenvalue weighted by atomic mass is 10.1. The summed E-state index contributed by atoms with van der Waals surface area (Å²) >= 11 is 0. The van der Waals surface area contributed by atoms with Crippen LogP contribution in [0.4, 0.5) is 0 Å². The highest BCUT2D eigenvalue weighted by atomic mass is 16.5. The van der Waals surface area contributed by atoms with Gasteiger partial charge in [-0.3, -0.25) is 14.6 Å². The van der Waals surface area contributed by atoms with Gasteiger partial charge in [-0.05, 0) is 62.2 Å². The molecule has 0 fully saturated rings. The van der Waals surface area contributed by atoms with Crippen molar-refractivity contribution in [3.05, 3.63) is 115 Å². The number of benzene rings is 3. The number of rotatable bonds is 13. The lowest BCUT2D eigenvalue weighted by molar-refractivity contribution is -0.118. The molecule has 0 saturated heterocycles. The molecule has 2 amide bonds. The molecule has 4 rings (SSSR count). The first kappa shape index (κ1) is 46.4. The third-order valence-electron chi connectivity index (χ3n) is 6.43. The number of allylic oxidation sites excluding steroid dienone is 4. The van der Waals surface area contributed by atoms with Crippen molar-refractivity contribution in [3.63, 3.8) is 0 Å². The first-order valence-corrected chi connectivity index (χ1v) is 18.1. The Morgan fingerprint density at radius 3 is 2.13 bits per heavy atom. The van der Waals surface area contributed by atoms with Gasteiger partial charge in [0.2, 0.25) is 5.91 Å². The van der Waals surface area contributed by atoms with Gasteiger partial charge in [-0.2, -0.15) is 0 Å². The monoisotopic (exact) mass is 711 g/mol. The Morgan fingerprint density at radius 2 is 1.58 bits per heavy atom. The third-order valence-corrected chi connectivity index (χ3v) is 6.43. The van der Waals surface area contributed by atoms with Crippen LogP contribution in [0.3, 0.4) is 0 Å². The molecule has 0 aliphatic carbocycles. The second-order valence-electron chi connectivity index (χ2n) is 10.6. The quantitative estimate of drug-likeness (QED) is 0.0614. The highest BCUT2D eigenvalue weighted by molar-refractivity contribution is 5.98. The molecule has 1 heterocycles. The van der Waals surface area contributed by atoms with Crippen LogP contribution in [0.25, 0.3) is 22.4 Å². The van der Waals surface area contributed by atoms with Crippen molar-refractivity contribution in [2.75, 3.05) is 13.1 Å². The number of nitrogens with one attached hydrogen (secondary N) is 1. The van der Waals surface area contributed by atoms with Gasteiger partial charge in [0.15, 0.2) is 5.96 Å². The fourth-order valence-electron chi connectivity index (χ4n) is 4.31. The highest BCUT2D eigenvalue weighted by Crippen LogP contribution is 2.30. The van der Waals surface area contributed by atoms with Gasteiger partial charge < -0.3 is 31.8 Å². The molecule has 282 valence electrons. The fraction of sp³-hybridized carbons (Fsp3) is 0.333. The van der Waals surface area contributed by atoms with Gasteiger partial charge in [0, 0.05) is 24.2 Å². The number of hydrogen-bond donors (Lipinski definition) is 4.